The maximum Gasteiger partial charge on any atom is 0.134 e. The van der Waals surface area contributed by atoms with E-state index < -0.39 is 0 Å². The Morgan fingerprint density at radius 3 is 3.00 bits per heavy atom. The molecule has 0 aliphatic carbocycles. The highest BCUT2D eigenvalue weighted by Crippen LogP contribution is 2.14. The molecule has 0 saturated carbocycles. The number of aromatic nitrogens is 1. The van der Waals surface area contributed by atoms with Crippen LogP contribution in [0.15, 0.2) is 18.3 Å². The van der Waals surface area contributed by atoms with Crippen molar-refractivity contribution in [3.63, 3.8) is 0 Å². The van der Waals surface area contributed by atoms with Crippen LogP contribution < -0.4 is 10.2 Å². The third-order valence-electron chi connectivity index (χ3n) is 2.40. The summed E-state index contributed by atoms with van der Waals surface area (Å²) in [6, 6.07) is 3.54. The molecule has 0 bridgehead atoms. The molecule has 0 atom stereocenters. The van der Waals surface area contributed by atoms with Crippen LogP contribution in [0.5, 0.6) is 5.75 Å². The van der Waals surface area contributed by atoms with Gasteiger partial charge in [-0.25, -0.2) is 4.98 Å². The van der Waals surface area contributed by atoms with Gasteiger partial charge in [0.2, 0.25) is 0 Å². The van der Waals surface area contributed by atoms with E-state index in [4.69, 9.17) is 5.11 Å². The maximum atomic E-state index is 9.12. The fourth-order valence-electron chi connectivity index (χ4n) is 1.64. The molecular weight excluding hydrogens is 178 g/mol. The summed E-state index contributed by atoms with van der Waals surface area (Å²) in [7, 11) is 0. The molecule has 0 spiro atoms. The third-order valence-corrected chi connectivity index (χ3v) is 2.40. The second-order valence-corrected chi connectivity index (χ2v) is 3.47. The number of anilines is 1. The SMILES string of the molecule is Oc1ccc(N2CCCNCC2)nc1. The summed E-state index contributed by atoms with van der Waals surface area (Å²) in [5.41, 5.74) is 0. The second kappa shape index (κ2) is 4.28. The van der Waals surface area contributed by atoms with E-state index in [2.05, 4.69) is 15.2 Å². The zero-order valence-electron chi connectivity index (χ0n) is 8.11. The predicted octanol–water partition coefficient (Wildman–Crippen LogP) is 0.587. The molecule has 2 heterocycles. The zero-order valence-corrected chi connectivity index (χ0v) is 8.11. The number of hydrogen-bond donors (Lipinski definition) is 2. The normalized spacial score (nSPS) is 17.9. The number of pyridine rings is 1. The van der Waals surface area contributed by atoms with E-state index >= 15 is 0 Å². The molecule has 2 N–H and O–H groups in total. The number of nitrogens with zero attached hydrogens (tertiary/aromatic N) is 2. The van der Waals surface area contributed by atoms with Crippen molar-refractivity contribution in [2.24, 2.45) is 0 Å². The lowest BCUT2D eigenvalue weighted by molar-refractivity contribution is 0.472. The molecule has 0 unspecified atom stereocenters. The summed E-state index contributed by atoms with van der Waals surface area (Å²) in [6.07, 6.45) is 2.64. The van der Waals surface area contributed by atoms with Crippen LogP contribution in [0.3, 0.4) is 0 Å². The van der Waals surface area contributed by atoms with Crippen LogP contribution in [0.1, 0.15) is 6.42 Å². The number of aromatic hydroxyl groups is 1. The Morgan fingerprint density at radius 1 is 1.29 bits per heavy atom. The van der Waals surface area contributed by atoms with Gasteiger partial charge in [-0.05, 0) is 25.1 Å². The highest BCUT2D eigenvalue weighted by atomic mass is 16.3. The molecule has 14 heavy (non-hydrogen) atoms. The lowest BCUT2D eigenvalue weighted by atomic mass is 10.3. The molecule has 2 rings (SSSR count). The van der Waals surface area contributed by atoms with Crippen molar-refractivity contribution in [3.8, 4) is 5.75 Å². The molecule has 1 fully saturated rings. The third kappa shape index (κ3) is 2.14. The molecule has 1 aromatic heterocycles. The molecule has 0 aromatic carbocycles. The molecular formula is C10H15N3O. The Morgan fingerprint density at radius 2 is 2.21 bits per heavy atom. The van der Waals surface area contributed by atoms with E-state index in [0.29, 0.717) is 0 Å². The first-order valence-corrected chi connectivity index (χ1v) is 4.97. The minimum absolute atomic E-state index is 0.224. The first-order valence-electron chi connectivity index (χ1n) is 4.97. The van der Waals surface area contributed by atoms with Gasteiger partial charge in [0.15, 0.2) is 0 Å². The number of rotatable bonds is 1. The molecule has 1 aliphatic rings. The smallest absolute Gasteiger partial charge is 0.134 e. The highest BCUT2D eigenvalue weighted by Gasteiger charge is 2.09. The van der Waals surface area contributed by atoms with E-state index in [-0.39, 0.29) is 5.75 Å². The molecule has 0 amide bonds. The minimum Gasteiger partial charge on any atom is -0.506 e. The zero-order chi connectivity index (χ0) is 9.80. The van der Waals surface area contributed by atoms with Gasteiger partial charge in [0.1, 0.15) is 11.6 Å². The standard InChI is InChI=1S/C10H15N3O/c14-9-2-3-10(12-8-9)13-6-1-4-11-5-7-13/h2-3,8,11,14H,1,4-7H2. The van der Waals surface area contributed by atoms with Crippen molar-refractivity contribution in [3.05, 3.63) is 18.3 Å². The van der Waals surface area contributed by atoms with Crippen LogP contribution in [0.4, 0.5) is 5.82 Å². The van der Waals surface area contributed by atoms with Crippen molar-refractivity contribution in [1.29, 1.82) is 0 Å². The van der Waals surface area contributed by atoms with Crippen LogP contribution in [0, 0.1) is 0 Å². The Balaban J connectivity index is 2.08. The van der Waals surface area contributed by atoms with Crippen LogP contribution in [0.25, 0.3) is 0 Å². The number of nitrogens with one attached hydrogen (secondary N) is 1. The molecule has 1 aromatic rings. The largest absolute Gasteiger partial charge is 0.506 e. The van der Waals surface area contributed by atoms with Gasteiger partial charge in [0, 0.05) is 19.6 Å². The van der Waals surface area contributed by atoms with E-state index in [0.717, 1.165) is 38.4 Å². The summed E-state index contributed by atoms with van der Waals surface area (Å²) >= 11 is 0. The van der Waals surface area contributed by atoms with Crippen LogP contribution in [-0.4, -0.2) is 36.3 Å². The van der Waals surface area contributed by atoms with Gasteiger partial charge in [0.05, 0.1) is 6.20 Å². The average Bonchev–Trinajstić information content (AvgIpc) is 2.47. The summed E-state index contributed by atoms with van der Waals surface area (Å²) in [5.74, 6) is 1.17. The first kappa shape index (κ1) is 9.27. The van der Waals surface area contributed by atoms with Gasteiger partial charge in [-0.1, -0.05) is 0 Å². The van der Waals surface area contributed by atoms with Gasteiger partial charge < -0.3 is 15.3 Å². The Labute approximate surface area is 83.6 Å². The fraction of sp³-hybridized carbons (Fsp3) is 0.500. The van der Waals surface area contributed by atoms with E-state index in [1.807, 2.05) is 6.07 Å². The van der Waals surface area contributed by atoms with Gasteiger partial charge in [-0.3, -0.25) is 0 Å². The first-order chi connectivity index (χ1) is 6.86. The Hall–Kier alpha value is -1.29. The van der Waals surface area contributed by atoms with Crippen molar-refractivity contribution in [2.75, 3.05) is 31.1 Å². The minimum atomic E-state index is 0.224. The van der Waals surface area contributed by atoms with E-state index in [1.54, 1.807) is 6.07 Å². The van der Waals surface area contributed by atoms with Crippen LogP contribution >= 0.6 is 0 Å². The quantitative estimate of drug-likeness (QED) is 0.685. The molecule has 4 heteroatoms. The van der Waals surface area contributed by atoms with Crippen LogP contribution in [-0.2, 0) is 0 Å². The summed E-state index contributed by atoms with van der Waals surface area (Å²) in [4.78, 5) is 6.43. The molecule has 1 aliphatic heterocycles. The summed E-state index contributed by atoms with van der Waals surface area (Å²) in [6.45, 7) is 4.10. The predicted molar refractivity (Wildman–Crippen MR) is 55.6 cm³/mol. The Bertz CT molecular complexity index is 278. The van der Waals surface area contributed by atoms with E-state index in [9.17, 15) is 0 Å². The average molecular weight is 193 g/mol. The van der Waals surface area contributed by atoms with Gasteiger partial charge in [0.25, 0.3) is 0 Å². The van der Waals surface area contributed by atoms with Gasteiger partial charge in [-0.2, -0.15) is 0 Å². The van der Waals surface area contributed by atoms with Crippen molar-refractivity contribution in [2.45, 2.75) is 6.42 Å². The van der Waals surface area contributed by atoms with E-state index in [1.165, 1.54) is 6.20 Å². The molecule has 4 nitrogen and oxygen atoms in total. The Kier molecular flexibility index (Phi) is 2.84. The van der Waals surface area contributed by atoms with Gasteiger partial charge >= 0.3 is 0 Å². The van der Waals surface area contributed by atoms with Crippen molar-refractivity contribution in [1.82, 2.24) is 10.3 Å². The monoisotopic (exact) mass is 193 g/mol. The molecule has 1 saturated heterocycles. The molecule has 0 radical (unpaired) electrons. The van der Waals surface area contributed by atoms with Crippen LogP contribution in [0.2, 0.25) is 0 Å². The summed E-state index contributed by atoms with van der Waals surface area (Å²) in [5, 5.41) is 12.5. The van der Waals surface area contributed by atoms with Gasteiger partial charge in [-0.15, -0.1) is 0 Å². The lowest BCUT2D eigenvalue weighted by Gasteiger charge is -2.20. The summed E-state index contributed by atoms with van der Waals surface area (Å²) < 4.78 is 0. The molecule has 76 valence electrons. The highest BCUT2D eigenvalue weighted by molar-refractivity contribution is 5.40. The second-order valence-electron chi connectivity index (χ2n) is 3.47. The van der Waals surface area contributed by atoms with Crippen molar-refractivity contribution < 1.29 is 5.11 Å². The lowest BCUT2D eigenvalue weighted by Crippen LogP contribution is -2.28. The number of hydrogen-bond acceptors (Lipinski definition) is 4. The topological polar surface area (TPSA) is 48.4 Å². The van der Waals surface area contributed by atoms with Crippen molar-refractivity contribution >= 4 is 5.82 Å². The fourth-order valence-corrected chi connectivity index (χ4v) is 1.64. The maximum absolute atomic E-state index is 9.12.